The first-order chi connectivity index (χ1) is 23.2. The zero-order valence-electron chi connectivity index (χ0n) is 25.7. The van der Waals surface area contributed by atoms with Crippen LogP contribution in [-0.4, -0.2) is 55.3 Å². The predicted molar refractivity (Wildman–Crippen MR) is 162 cm³/mol. The second-order valence-corrected chi connectivity index (χ2v) is 9.29. The number of rotatable bonds is 6. The Balaban J connectivity index is 0.000000244. The summed E-state index contributed by atoms with van der Waals surface area (Å²) in [4.78, 5) is 21.6. The molecule has 4 aromatic rings. The summed E-state index contributed by atoms with van der Waals surface area (Å²) in [5, 5.41) is 17.4. The molecule has 49 heavy (non-hydrogen) atoms. The minimum absolute atomic E-state index is 0.0370. The third-order valence-corrected chi connectivity index (χ3v) is 5.74. The first kappa shape index (κ1) is 39.6. The largest absolute Gasteiger partial charge is 0.508 e. The van der Waals surface area contributed by atoms with Crippen molar-refractivity contribution in [2.75, 3.05) is 20.5 Å². The summed E-state index contributed by atoms with van der Waals surface area (Å²) < 4.78 is 108. The minimum Gasteiger partial charge on any atom is -0.508 e. The lowest BCUT2D eigenvalue weighted by atomic mass is 10.0. The highest BCUT2D eigenvalue weighted by Gasteiger charge is 2.49. The van der Waals surface area contributed by atoms with Gasteiger partial charge in [0, 0.05) is 19.2 Å². The number of phenols is 2. The first-order valence-corrected chi connectivity index (χ1v) is 13.9. The van der Waals surface area contributed by atoms with E-state index < -0.39 is 41.3 Å². The Morgan fingerprint density at radius 2 is 1.49 bits per heavy atom. The number of halogens is 7. The second kappa shape index (κ2) is 19.3. The van der Waals surface area contributed by atoms with Crippen molar-refractivity contribution in [3.63, 3.8) is 0 Å². The summed E-state index contributed by atoms with van der Waals surface area (Å²) in [6.45, 7) is 1.51. The van der Waals surface area contributed by atoms with Gasteiger partial charge in [-0.3, -0.25) is 4.79 Å². The molecule has 0 saturated heterocycles. The van der Waals surface area contributed by atoms with E-state index in [1.54, 1.807) is 12.1 Å². The predicted octanol–water partition coefficient (Wildman–Crippen LogP) is 7.78. The zero-order valence-corrected chi connectivity index (χ0v) is 25.7. The van der Waals surface area contributed by atoms with Gasteiger partial charge in [-0.05, 0) is 61.5 Å². The van der Waals surface area contributed by atoms with Gasteiger partial charge in [0.05, 0.1) is 23.3 Å². The molecule has 0 aliphatic carbocycles. The Hall–Kier alpha value is -5.57. The lowest BCUT2D eigenvalue weighted by Crippen LogP contribution is -2.40. The number of benzene rings is 4. The number of ether oxygens (including phenoxy) is 4. The number of esters is 1. The molecule has 262 valence electrons. The van der Waals surface area contributed by atoms with E-state index in [0.29, 0.717) is 5.75 Å². The van der Waals surface area contributed by atoms with Crippen molar-refractivity contribution in [1.82, 2.24) is 0 Å². The number of carbonyl (C=O) groups is 2. The van der Waals surface area contributed by atoms with E-state index in [2.05, 4.69) is 9.47 Å². The number of fused-ring (bicyclic) bond motifs is 1. The van der Waals surface area contributed by atoms with Crippen LogP contribution in [0.2, 0.25) is 0 Å². The number of hydrogen-bond acceptors (Lipinski definition) is 8. The lowest BCUT2D eigenvalue weighted by Gasteiger charge is -2.27. The molecule has 15 heteroatoms. The maximum atomic E-state index is 13.6. The molecule has 1 atom stereocenters. The fraction of sp³-hybridized carbons (Fsp3) is 0.176. The van der Waals surface area contributed by atoms with Crippen LogP contribution >= 0.6 is 0 Å². The summed E-state index contributed by atoms with van der Waals surface area (Å²) in [6, 6.07) is 18.3. The standard InChI is InChI=1S/C13H10F4O3.C8H9FO2.C7H5FO2.C6H5FO/c1-2-19-12(18)8-6-7-9(14)4-3-5-10(7)20-11(8)13(15,16)17;1-10-6-11-8-4-2-3-7(9)5-8;8-6-2-1-3-7(10)5(6)4-9;7-5-2-1-3-6(8)4-5/h3-6,11H,2H2,1H3;2-5H,6H2,1H3;1-4,10H;1-4,8H. The van der Waals surface area contributed by atoms with Crippen LogP contribution in [0.25, 0.3) is 6.08 Å². The Morgan fingerprint density at radius 3 is 2.00 bits per heavy atom. The topological polar surface area (TPSA) is 112 Å². The van der Waals surface area contributed by atoms with Crippen LogP contribution in [-0.2, 0) is 14.3 Å². The Morgan fingerprint density at radius 1 is 0.878 bits per heavy atom. The monoisotopic (exact) mass is 698 g/mol. The minimum atomic E-state index is -4.80. The highest BCUT2D eigenvalue weighted by atomic mass is 19.4. The number of hydrogen-bond donors (Lipinski definition) is 2. The first-order valence-electron chi connectivity index (χ1n) is 13.9. The van der Waals surface area contributed by atoms with Crippen LogP contribution < -0.4 is 9.47 Å². The molecule has 5 rings (SSSR count). The van der Waals surface area contributed by atoms with Gasteiger partial charge in [0.1, 0.15) is 46.3 Å². The van der Waals surface area contributed by atoms with E-state index in [0.717, 1.165) is 24.3 Å². The molecule has 1 heterocycles. The van der Waals surface area contributed by atoms with Gasteiger partial charge in [0.2, 0.25) is 6.10 Å². The van der Waals surface area contributed by atoms with Crippen molar-refractivity contribution in [3.8, 4) is 23.0 Å². The van der Waals surface area contributed by atoms with Gasteiger partial charge in [-0.15, -0.1) is 0 Å². The van der Waals surface area contributed by atoms with Crippen molar-refractivity contribution in [2.45, 2.75) is 19.2 Å². The molecule has 0 saturated carbocycles. The average molecular weight is 699 g/mol. The van der Waals surface area contributed by atoms with Crippen molar-refractivity contribution in [2.24, 2.45) is 0 Å². The fourth-order valence-corrected chi connectivity index (χ4v) is 3.61. The Labute approximate surface area is 275 Å². The van der Waals surface area contributed by atoms with Gasteiger partial charge < -0.3 is 29.2 Å². The van der Waals surface area contributed by atoms with E-state index in [-0.39, 0.29) is 53.9 Å². The summed E-state index contributed by atoms with van der Waals surface area (Å²) in [5.74, 6) is -3.51. The normalized spacial score (nSPS) is 12.8. The van der Waals surface area contributed by atoms with Crippen LogP contribution in [0, 0.1) is 23.3 Å². The van der Waals surface area contributed by atoms with Gasteiger partial charge in [0.15, 0.2) is 13.1 Å². The van der Waals surface area contributed by atoms with Crippen LogP contribution in [0.1, 0.15) is 22.8 Å². The summed E-state index contributed by atoms with van der Waals surface area (Å²) >= 11 is 0. The molecule has 1 unspecified atom stereocenters. The number of aldehydes is 1. The van der Waals surface area contributed by atoms with E-state index in [1.807, 2.05) is 0 Å². The van der Waals surface area contributed by atoms with Crippen LogP contribution in [0.3, 0.4) is 0 Å². The summed E-state index contributed by atoms with van der Waals surface area (Å²) in [5.41, 5.74) is -1.25. The third kappa shape index (κ3) is 12.9. The lowest BCUT2D eigenvalue weighted by molar-refractivity contribution is -0.188. The number of carbonyl (C=O) groups excluding carboxylic acids is 2. The smallest absolute Gasteiger partial charge is 0.430 e. The summed E-state index contributed by atoms with van der Waals surface area (Å²) in [6.07, 6.45) is -6.16. The van der Waals surface area contributed by atoms with E-state index in [4.69, 9.17) is 19.7 Å². The van der Waals surface area contributed by atoms with Crippen molar-refractivity contribution in [3.05, 3.63) is 125 Å². The van der Waals surface area contributed by atoms with Gasteiger partial charge in [0.25, 0.3) is 0 Å². The SMILES string of the molecule is CCOC(=O)C1=Cc2c(F)cccc2OC1C(F)(F)F.COCOc1cccc(F)c1.O=Cc1c(O)cccc1F.Oc1cccc(F)c1. The molecule has 0 radical (unpaired) electrons. The quantitative estimate of drug-likeness (QED) is 0.0910. The Kier molecular flexibility index (Phi) is 15.6. The van der Waals surface area contributed by atoms with Crippen LogP contribution in [0.15, 0.2) is 90.5 Å². The zero-order chi connectivity index (χ0) is 36.6. The van der Waals surface area contributed by atoms with Gasteiger partial charge in [-0.25, -0.2) is 22.4 Å². The van der Waals surface area contributed by atoms with Crippen molar-refractivity contribution in [1.29, 1.82) is 0 Å². The van der Waals surface area contributed by atoms with Crippen LogP contribution in [0.4, 0.5) is 30.7 Å². The van der Waals surface area contributed by atoms with E-state index in [9.17, 15) is 40.3 Å². The van der Waals surface area contributed by atoms with Gasteiger partial charge in [-0.1, -0.05) is 24.3 Å². The molecule has 2 N–H and O–H groups in total. The summed E-state index contributed by atoms with van der Waals surface area (Å²) in [7, 11) is 1.51. The van der Waals surface area contributed by atoms with Gasteiger partial charge >= 0.3 is 12.1 Å². The second-order valence-electron chi connectivity index (χ2n) is 9.29. The molecule has 0 fully saturated rings. The molecule has 0 spiro atoms. The number of methoxy groups -OCH3 is 1. The van der Waals surface area contributed by atoms with E-state index in [1.165, 1.54) is 68.6 Å². The molecule has 4 aromatic carbocycles. The number of aromatic hydroxyl groups is 2. The van der Waals surface area contributed by atoms with Gasteiger partial charge in [-0.2, -0.15) is 13.2 Å². The average Bonchev–Trinajstić information content (AvgIpc) is 3.04. The Bertz CT molecular complexity index is 1670. The molecule has 0 bridgehead atoms. The van der Waals surface area contributed by atoms with Crippen molar-refractivity contribution < 1.29 is 69.5 Å². The maximum absolute atomic E-state index is 13.6. The molecular weight excluding hydrogens is 669 g/mol. The molecule has 1 aliphatic rings. The molecule has 0 amide bonds. The van der Waals surface area contributed by atoms with Crippen molar-refractivity contribution >= 4 is 18.3 Å². The van der Waals surface area contributed by atoms with E-state index >= 15 is 0 Å². The molecule has 8 nitrogen and oxygen atoms in total. The molecule has 1 aliphatic heterocycles. The molecule has 0 aromatic heterocycles. The highest BCUT2D eigenvalue weighted by Crippen LogP contribution is 2.38. The maximum Gasteiger partial charge on any atom is 0.430 e. The number of alkyl halides is 3. The third-order valence-electron chi connectivity index (χ3n) is 5.74. The van der Waals surface area contributed by atoms with Crippen LogP contribution in [0.5, 0.6) is 23.0 Å². The number of phenolic OH excluding ortho intramolecular Hbond substituents is 2. The fourth-order valence-electron chi connectivity index (χ4n) is 3.61. The molecular formula is C34H29F7O8. The highest BCUT2D eigenvalue weighted by molar-refractivity contribution is 5.96.